The third kappa shape index (κ3) is 4.11. The molecule has 0 radical (unpaired) electrons. The zero-order valence-corrected chi connectivity index (χ0v) is 11.8. The van der Waals surface area contributed by atoms with E-state index in [9.17, 15) is 4.79 Å². The monoisotopic (exact) mass is 249 g/mol. The molecule has 18 heavy (non-hydrogen) atoms. The number of aryl methyl sites for hydroxylation is 1. The smallest absolute Gasteiger partial charge is 0.255 e. The van der Waals surface area contributed by atoms with Crippen molar-refractivity contribution < 1.29 is 4.79 Å². The highest BCUT2D eigenvalue weighted by atomic mass is 16.2. The largest absolute Gasteiger partial charge is 0.340 e. The molecule has 0 bridgehead atoms. The first-order chi connectivity index (χ1) is 8.58. The molecular formula is C14H23N3O. The van der Waals surface area contributed by atoms with Crippen molar-refractivity contribution in [3.63, 3.8) is 0 Å². The predicted molar refractivity (Wildman–Crippen MR) is 73.7 cm³/mol. The summed E-state index contributed by atoms with van der Waals surface area (Å²) in [7, 11) is 1.84. The van der Waals surface area contributed by atoms with Crippen molar-refractivity contribution in [1.82, 2.24) is 14.8 Å². The summed E-state index contributed by atoms with van der Waals surface area (Å²) in [4.78, 5) is 20.3. The molecule has 0 saturated carbocycles. The lowest BCUT2D eigenvalue weighted by Crippen LogP contribution is -2.36. The molecule has 0 saturated heterocycles. The fourth-order valence-corrected chi connectivity index (χ4v) is 1.75. The highest BCUT2D eigenvalue weighted by Gasteiger charge is 2.12. The molecule has 1 aromatic rings. The number of hydrogen-bond acceptors (Lipinski definition) is 3. The lowest BCUT2D eigenvalue weighted by atomic mass is 10.2. The first-order valence-corrected chi connectivity index (χ1v) is 6.49. The normalized spacial score (nSPS) is 10.7. The molecule has 1 amide bonds. The molecule has 0 aliphatic heterocycles. The Morgan fingerprint density at radius 1 is 1.22 bits per heavy atom. The maximum atomic E-state index is 12.1. The fourth-order valence-electron chi connectivity index (χ4n) is 1.75. The summed E-state index contributed by atoms with van der Waals surface area (Å²) in [5.41, 5.74) is 1.58. The van der Waals surface area contributed by atoms with Crippen LogP contribution in [0, 0.1) is 6.92 Å². The molecule has 1 aromatic heterocycles. The molecule has 4 nitrogen and oxygen atoms in total. The molecule has 100 valence electrons. The Morgan fingerprint density at radius 3 is 2.39 bits per heavy atom. The topological polar surface area (TPSA) is 36.4 Å². The zero-order valence-electron chi connectivity index (χ0n) is 11.8. The summed E-state index contributed by atoms with van der Waals surface area (Å²) in [6.07, 6.45) is 1.64. The quantitative estimate of drug-likeness (QED) is 0.771. The van der Waals surface area contributed by atoms with Gasteiger partial charge in [-0.3, -0.25) is 9.78 Å². The highest BCUT2D eigenvalue weighted by molar-refractivity contribution is 5.93. The third-order valence-corrected chi connectivity index (χ3v) is 3.15. The Morgan fingerprint density at radius 2 is 1.89 bits per heavy atom. The molecular weight excluding hydrogens is 226 g/mol. The summed E-state index contributed by atoms with van der Waals surface area (Å²) in [6, 6.07) is 3.70. The summed E-state index contributed by atoms with van der Waals surface area (Å²) >= 11 is 0. The van der Waals surface area contributed by atoms with Gasteiger partial charge in [0.2, 0.25) is 0 Å². The van der Waals surface area contributed by atoms with E-state index < -0.39 is 0 Å². The molecule has 0 aromatic carbocycles. The van der Waals surface area contributed by atoms with Gasteiger partial charge in [0, 0.05) is 32.0 Å². The lowest BCUT2D eigenvalue weighted by molar-refractivity contribution is 0.0779. The molecule has 0 aliphatic rings. The van der Waals surface area contributed by atoms with E-state index in [1.165, 1.54) is 0 Å². The second-order valence-corrected chi connectivity index (χ2v) is 4.44. The summed E-state index contributed by atoms with van der Waals surface area (Å²) in [6.45, 7) is 9.88. The Balaban J connectivity index is 2.53. The maximum absolute atomic E-state index is 12.1. The van der Waals surface area contributed by atoms with Gasteiger partial charge in [-0.15, -0.1) is 0 Å². The van der Waals surface area contributed by atoms with E-state index in [1.807, 2.05) is 26.1 Å². The van der Waals surface area contributed by atoms with Crippen LogP contribution in [0.2, 0.25) is 0 Å². The average Bonchev–Trinajstić information content (AvgIpc) is 2.39. The Hall–Kier alpha value is -1.42. The van der Waals surface area contributed by atoms with Gasteiger partial charge in [0.1, 0.15) is 0 Å². The number of rotatable bonds is 6. The van der Waals surface area contributed by atoms with Gasteiger partial charge in [0.15, 0.2) is 0 Å². The molecule has 0 fully saturated rings. The van der Waals surface area contributed by atoms with Gasteiger partial charge in [-0.2, -0.15) is 0 Å². The highest BCUT2D eigenvalue weighted by Crippen LogP contribution is 2.03. The van der Waals surface area contributed by atoms with Crippen LogP contribution < -0.4 is 0 Å². The molecule has 0 unspecified atom stereocenters. The number of carbonyl (C=O) groups excluding carboxylic acids is 1. The van der Waals surface area contributed by atoms with E-state index in [1.54, 1.807) is 11.1 Å². The Bertz CT molecular complexity index is 371. The molecule has 1 rings (SSSR count). The number of carbonyl (C=O) groups is 1. The van der Waals surface area contributed by atoms with Crippen LogP contribution in [-0.4, -0.2) is 53.9 Å². The first kappa shape index (κ1) is 14.6. The Kier molecular flexibility index (Phi) is 5.78. The molecule has 0 N–H and O–H groups in total. The van der Waals surface area contributed by atoms with Crippen molar-refractivity contribution in [2.75, 3.05) is 33.2 Å². The Labute approximate surface area is 110 Å². The minimum absolute atomic E-state index is 0.0367. The first-order valence-electron chi connectivity index (χ1n) is 6.49. The molecule has 0 aliphatic carbocycles. The molecule has 0 atom stereocenters. The van der Waals surface area contributed by atoms with Crippen LogP contribution in [0.15, 0.2) is 18.3 Å². The predicted octanol–water partition coefficient (Wildman–Crippen LogP) is 1.80. The molecule has 1 heterocycles. The van der Waals surface area contributed by atoms with Crippen molar-refractivity contribution in [1.29, 1.82) is 0 Å². The summed E-state index contributed by atoms with van der Waals surface area (Å²) in [5, 5.41) is 0. The standard InChI is InChI=1S/C14H23N3O/c1-5-17(6-2)10-9-16(4)14(18)13-8-7-12(3)15-11-13/h7-8,11H,5-6,9-10H2,1-4H3. The third-order valence-electron chi connectivity index (χ3n) is 3.15. The van der Waals surface area contributed by atoms with Crippen LogP contribution in [0.1, 0.15) is 29.9 Å². The van der Waals surface area contributed by atoms with Gasteiger partial charge >= 0.3 is 0 Å². The van der Waals surface area contributed by atoms with E-state index >= 15 is 0 Å². The van der Waals surface area contributed by atoms with E-state index in [0.717, 1.165) is 31.9 Å². The van der Waals surface area contributed by atoms with E-state index in [0.29, 0.717) is 5.56 Å². The minimum atomic E-state index is 0.0367. The van der Waals surface area contributed by atoms with Gasteiger partial charge in [-0.1, -0.05) is 13.8 Å². The SMILES string of the molecule is CCN(CC)CCN(C)C(=O)c1ccc(C)nc1. The van der Waals surface area contributed by atoms with Crippen LogP contribution >= 0.6 is 0 Å². The minimum Gasteiger partial charge on any atom is -0.340 e. The van der Waals surface area contributed by atoms with Gasteiger partial charge < -0.3 is 9.80 Å². The maximum Gasteiger partial charge on any atom is 0.255 e. The van der Waals surface area contributed by atoms with Crippen LogP contribution in [0.3, 0.4) is 0 Å². The average molecular weight is 249 g/mol. The van der Waals surface area contributed by atoms with Gasteiger partial charge in [-0.25, -0.2) is 0 Å². The second kappa shape index (κ2) is 7.11. The lowest BCUT2D eigenvalue weighted by Gasteiger charge is -2.23. The molecule has 4 heteroatoms. The number of hydrogen-bond donors (Lipinski definition) is 0. The summed E-state index contributed by atoms with van der Waals surface area (Å²) < 4.78 is 0. The fraction of sp³-hybridized carbons (Fsp3) is 0.571. The van der Waals surface area contributed by atoms with Crippen molar-refractivity contribution >= 4 is 5.91 Å². The van der Waals surface area contributed by atoms with Crippen LogP contribution in [0.5, 0.6) is 0 Å². The summed E-state index contributed by atoms with van der Waals surface area (Å²) in [5.74, 6) is 0.0367. The van der Waals surface area contributed by atoms with Crippen LogP contribution in [-0.2, 0) is 0 Å². The number of nitrogens with zero attached hydrogens (tertiary/aromatic N) is 3. The number of aromatic nitrogens is 1. The van der Waals surface area contributed by atoms with Gasteiger partial charge in [0.05, 0.1) is 5.56 Å². The zero-order chi connectivity index (χ0) is 13.5. The van der Waals surface area contributed by atoms with Gasteiger partial charge in [-0.05, 0) is 32.1 Å². The van der Waals surface area contributed by atoms with E-state index in [-0.39, 0.29) is 5.91 Å². The van der Waals surface area contributed by atoms with Crippen LogP contribution in [0.4, 0.5) is 0 Å². The van der Waals surface area contributed by atoms with E-state index in [2.05, 4.69) is 23.7 Å². The van der Waals surface area contributed by atoms with Crippen molar-refractivity contribution in [3.8, 4) is 0 Å². The number of pyridine rings is 1. The number of amides is 1. The van der Waals surface area contributed by atoms with Crippen molar-refractivity contribution in [2.24, 2.45) is 0 Å². The van der Waals surface area contributed by atoms with Crippen LogP contribution in [0.25, 0.3) is 0 Å². The number of likely N-dealkylation sites (N-methyl/N-ethyl adjacent to an activating group) is 2. The van der Waals surface area contributed by atoms with E-state index in [4.69, 9.17) is 0 Å². The second-order valence-electron chi connectivity index (χ2n) is 4.44. The van der Waals surface area contributed by atoms with Crippen molar-refractivity contribution in [2.45, 2.75) is 20.8 Å². The van der Waals surface area contributed by atoms with Gasteiger partial charge in [0.25, 0.3) is 5.91 Å². The molecule has 0 spiro atoms. The van der Waals surface area contributed by atoms with Crippen molar-refractivity contribution in [3.05, 3.63) is 29.6 Å².